The van der Waals surface area contributed by atoms with Crippen molar-refractivity contribution in [3.05, 3.63) is 18.0 Å². The van der Waals surface area contributed by atoms with Crippen molar-refractivity contribution in [3.8, 4) is 0 Å². The maximum Gasteiger partial charge on any atom is 0.242 e. The highest BCUT2D eigenvalue weighted by molar-refractivity contribution is 7.89. The molecule has 0 amide bonds. The van der Waals surface area contributed by atoms with Gasteiger partial charge in [0.25, 0.3) is 0 Å². The summed E-state index contributed by atoms with van der Waals surface area (Å²) in [6.45, 7) is 2.42. The van der Waals surface area contributed by atoms with Gasteiger partial charge in [0.15, 0.2) is 0 Å². The van der Waals surface area contributed by atoms with Crippen LogP contribution in [0.4, 0.5) is 0 Å². The largest absolute Gasteiger partial charge is 0.346 e. The summed E-state index contributed by atoms with van der Waals surface area (Å²) < 4.78 is 30.0. The summed E-state index contributed by atoms with van der Waals surface area (Å²) in [7, 11) is -3.43. The van der Waals surface area contributed by atoms with Gasteiger partial charge in [-0.15, -0.1) is 0 Å². The van der Waals surface area contributed by atoms with Gasteiger partial charge in [-0.3, -0.25) is 0 Å². The van der Waals surface area contributed by atoms with Gasteiger partial charge in [-0.2, -0.15) is 0 Å². The van der Waals surface area contributed by atoms with Gasteiger partial charge in [0.1, 0.15) is 0 Å². The second kappa shape index (κ2) is 5.74. The van der Waals surface area contributed by atoms with Gasteiger partial charge in [-0.25, -0.2) is 13.1 Å². The molecule has 0 bridgehead atoms. The quantitative estimate of drug-likeness (QED) is 0.772. The molecule has 6 heteroatoms. The number of rotatable bonds is 8. The fourth-order valence-corrected chi connectivity index (χ4v) is 4.22. The molecule has 1 aromatic rings. The van der Waals surface area contributed by atoms with Crippen LogP contribution < -0.4 is 10.5 Å². The molecule has 1 unspecified atom stereocenters. The molecule has 2 saturated carbocycles. The molecule has 2 aliphatic rings. The van der Waals surface area contributed by atoms with Crippen molar-refractivity contribution in [2.45, 2.75) is 69.0 Å². The number of aromatic nitrogens is 1. The molecule has 0 aliphatic heterocycles. The molecule has 0 radical (unpaired) electrons. The van der Waals surface area contributed by atoms with Crippen molar-refractivity contribution in [2.75, 3.05) is 0 Å². The average Bonchev–Trinajstić information content (AvgIpc) is 3.37. The van der Waals surface area contributed by atoms with Crippen LogP contribution in [0.2, 0.25) is 0 Å². The molecule has 2 fully saturated rings. The van der Waals surface area contributed by atoms with E-state index in [9.17, 15) is 8.42 Å². The Morgan fingerprint density at radius 2 is 2.10 bits per heavy atom. The summed E-state index contributed by atoms with van der Waals surface area (Å²) in [4.78, 5) is 0.365. The van der Waals surface area contributed by atoms with Gasteiger partial charge in [0.05, 0.1) is 4.90 Å². The Morgan fingerprint density at radius 1 is 1.38 bits per heavy atom. The van der Waals surface area contributed by atoms with E-state index in [0.29, 0.717) is 23.4 Å². The number of hydrogen-bond donors (Lipinski definition) is 2. The standard InChI is InChI=1S/C15H25N3O2S/c1-2-12(7-11-3-4-11)17-21(19,20)15-8-14(9-16)18(10-15)13-5-6-13/h8,10-13,17H,2-7,9,16H2,1H3. The molecule has 0 saturated heterocycles. The lowest BCUT2D eigenvalue weighted by molar-refractivity contribution is 0.495. The van der Waals surface area contributed by atoms with Gasteiger partial charge in [0, 0.05) is 30.5 Å². The van der Waals surface area contributed by atoms with Gasteiger partial charge >= 0.3 is 0 Å². The Morgan fingerprint density at radius 3 is 2.62 bits per heavy atom. The van der Waals surface area contributed by atoms with Crippen molar-refractivity contribution in [3.63, 3.8) is 0 Å². The monoisotopic (exact) mass is 311 g/mol. The number of nitrogens with zero attached hydrogens (tertiary/aromatic N) is 1. The summed E-state index contributed by atoms with van der Waals surface area (Å²) in [5.41, 5.74) is 6.65. The van der Waals surface area contributed by atoms with Crippen molar-refractivity contribution >= 4 is 10.0 Å². The highest BCUT2D eigenvalue weighted by atomic mass is 32.2. The zero-order chi connectivity index (χ0) is 15.0. The molecule has 0 spiro atoms. The van der Waals surface area contributed by atoms with Crippen LogP contribution in [0.5, 0.6) is 0 Å². The molecule has 118 valence electrons. The third kappa shape index (κ3) is 3.49. The van der Waals surface area contributed by atoms with E-state index < -0.39 is 10.0 Å². The van der Waals surface area contributed by atoms with E-state index >= 15 is 0 Å². The number of nitrogens with one attached hydrogen (secondary N) is 1. The summed E-state index contributed by atoms with van der Waals surface area (Å²) in [6.07, 6.45) is 8.28. The van der Waals surface area contributed by atoms with Crippen LogP contribution in [0.1, 0.15) is 57.2 Å². The minimum atomic E-state index is -3.43. The minimum Gasteiger partial charge on any atom is -0.346 e. The SMILES string of the molecule is CCC(CC1CC1)NS(=O)(=O)c1cc(CN)n(C2CC2)c1. The maximum atomic E-state index is 12.6. The van der Waals surface area contributed by atoms with Crippen LogP contribution in [-0.2, 0) is 16.6 Å². The third-order valence-electron chi connectivity index (χ3n) is 4.50. The molecule has 1 atom stereocenters. The molecule has 3 rings (SSSR count). The molecule has 0 aromatic carbocycles. The number of sulfonamides is 1. The summed E-state index contributed by atoms with van der Waals surface area (Å²) in [5, 5.41) is 0. The summed E-state index contributed by atoms with van der Waals surface area (Å²) in [5.74, 6) is 0.716. The minimum absolute atomic E-state index is 0.0492. The highest BCUT2D eigenvalue weighted by Crippen LogP contribution is 2.37. The molecule has 1 aromatic heterocycles. The van der Waals surface area contributed by atoms with E-state index in [-0.39, 0.29) is 6.04 Å². The molecule has 3 N–H and O–H groups in total. The van der Waals surface area contributed by atoms with Crippen molar-refractivity contribution < 1.29 is 8.42 Å². The molecular weight excluding hydrogens is 286 g/mol. The zero-order valence-electron chi connectivity index (χ0n) is 12.6. The maximum absolute atomic E-state index is 12.6. The zero-order valence-corrected chi connectivity index (χ0v) is 13.4. The van der Waals surface area contributed by atoms with E-state index in [4.69, 9.17) is 5.73 Å². The third-order valence-corrected chi connectivity index (χ3v) is 5.98. The average molecular weight is 311 g/mol. The smallest absolute Gasteiger partial charge is 0.242 e. The number of nitrogens with two attached hydrogens (primary N) is 1. The number of hydrogen-bond acceptors (Lipinski definition) is 3. The van der Waals surface area contributed by atoms with Crippen LogP contribution in [0.15, 0.2) is 17.2 Å². The van der Waals surface area contributed by atoms with Crippen LogP contribution in [0.3, 0.4) is 0 Å². The van der Waals surface area contributed by atoms with E-state index in [2.05, 4.69) is 4.72 Å². The lowest BCUT2D eigenvalue weighted by atomic mass is 10.1. The topological polar surface area (TPSA) is 77.1 Å². The van der Waals surface area contributed by atoms with E-state index in [1.807, 2.05) is 11.5 Å². The van der Waals surface area contributed by atoms with Crippen molar-refractivity contribution in [1.29, 1.82) is 0 Å². The van der Waals surface area contributed by atoms with E-state index in [0.717, 1.165) is 31.4 Å². The van der Waals surface area contributed by atoms with Gasteiger partial charge in [0.2, 0.25) is 10.0 Å². The van der Waals surface area contributed by atoms with Gasteiger partial charge in [-0.05, 0) is 37.7 Å². The second-order valence-electron chi connectivity index (χ2n) is 6.42. The molecule has 5 nitrogen and oxygen atoms in total. The Kier molecular flexibility index (Phi) is 4.12. The Labute approximate surface area is 127 Å². The molecule has 1 heterocycles. The normalized spacial score (nSPS) is 20.7. The van der Waals surface area contributed by atoms with Crippen LogP contribution in [-0.4, -0.2) is 19.0 Å². The predicted molar refractivity (Wildman–Crippen MR) is 82.3 cm³/mol. The first kappa shape index (κ1) is 15.1. The Balaban J connectivity index is 1.76. The molecule has 2 aliphatic carbocycles. The fourth-order valence-electron chi connectivity index (χ4n) is 2.84. The predicted octanol–water partition coefficient (Wildman–Crippen LogP) is 2.14. The summed E-state index contributed by atoms with van der Waals surface area (Å²) in [6, 6.07) is 2.22. The Bertz CT molecular complexity index is 600. The first-order valence-electron chi connectivity index (χ1n) is 7.96. The van der Waals surface area contributed by atoms with Crippen LogP contribution >= 0.6 is 0 Å². The highest BCUT2D eigenvalue weighted by Gasteiger charge is 2.30. The summed E-state index contributed by atoms with van der Waals surface area (Å²) >= 11 is 0. The first-order valence-corrected chi connectivity index (χ1v) is 9.45. The fraction of sp³-hybridized carbons (Fsp3) is 0.733. The van der Waals surface area contributed by atoms with Crippen LogP contribution in [0, 0.1) is 5.92 Å². The van der Waals surface area contributed by atoms with E-state index in [1.54, 1.807) is 12.3 Å². The lowest BCUT2D eigenvalue weighted by Gasteiger charge is -2.16. The molecular formula is C15H25N3O2S. The van der Waals surface area contributed by atoms with E-state index in [1.165, 1.54) is 12.8 Å². The lowest BCUT2D eigenvalue weighted by Crippen LogP contribution is -2.34. The molecule has 21 heavy (non-hydrogen) atoms. The van der Waals surface area contributed by atoms with Crippen LogP contribution in [0.25, 0.3) is 0 Å². The van der Waals surface area contributed by atoms with Crippen molar-refractivity contribution in [2.24, 2.45) is 11.7 Å². The first-order chi connectivity index (χ1) is 10.0. The Hall–Kier alpha value is -0.850. The van der Waals surface area contributed by atoms with Gasteiger partial charge in [-0.1, -0.05) is 19.8 Å². The van der Waals surface area contributed by atoms with Crippen molar-refractivity contribution in [1.82, 2.24) is 9.29 Å². The van der Waals surface area contributed by atoms with Gasteiger partial charge < -0.3 is 10.3 Å². The second-order valence-corrected chi connectivity index (χ2v) is 8.13.